The molecule has 4 N–H and O–H groups in total. The van der Waals surface area contributed by atoms with E-state index in [1.54, 1.807) is 0 Å². The Morgan fingerprint density at radius 2 is 1.00 bits per heavy atom. The van der Waals surface area contributed by atoms with Crippen LogP contribution in [0.4, 0.5) is 37.7 Å². The van der Waals surface area contributed by atoms with E-state index in [-0.39, 0.29) is 17.2 Å². The monoisotopic (exact) mass is 518 g/mol. The fraction of sp³-hybridized carbons (Fsp3) is 0.111. The summed E-state index contributed by atoms with van der Waals surface area (Å²) in [4.78, 5) is 0. The highest BCUT2D eigenvalue weighted by Gasteiger charge is 2.73. The zero-order chi connectivity index (χ0) is 26.8. The van der Waals surface area contributed by atoms with Crippen LogP contribution < -0.4 is 20.9 Å². The van der Waals surface area contributed by atoms with Crippen molar-refractivity contribution in [3.63, 3.8) is 0 Å². The van der Waals surface area contributed by atoms with Gasteiger partial charge < -0.3 is 20.9 Å². The summed E-state index contributed by atoms with van der Waals surface area (Å²) in [6.07, 6.45) is -11.6. The van der Waals surface area contributed by atoms with Gasteiger partial charge in [-0.2, -0.15) is 26.3 Å². The maximum Gasteiger partial charge on any atom is 0.411 e. The molecular weight excluding hydrogens is 498 g/mol. The van der Waals surface area contributed by atoms with Gasteiger partial charge >= 0.3 is 12.4 Å². The van der Waals surface area contributed by atoms with Crippen molar-refractivity contribution in [2.75, 3.05) is 11.5 Å². The Morgan fingerprint density at radius 3 is 1.49 bits per heavy atom. The van der Waals surface area contributed by atoms with Gasteiger partial charge in [0.05, 0.1) is 0 Å². The van der Waals surface area contributed by atoms with Gasteiger partial charge in [-0.15, -0.1) is 0 Å². The van der Waals surface area contributed by atoms with Crippen LogP contribution in [0.3, 0.4) is 0 Å². The first-order valence-electron chi connectivity index (χ1n) is 10.8. The van der Waals surface area contributed by atoms with E-state index in [9.17, 15) is 26.3 Å². The molecule has 0 heterocycles. The number of anilines is 2. The van der Waals surface area contributed by atoms with Gasteiger partial charge in [-0.1, -0.05) is 42.5 Å². The summed E-state index contributed by atoms with van der Waals surface area (Å²) in [6, 6.07) is 19.3. The van der Waals surface area contributed by atoms with Crippen LogP contribution in [-0.2, 0) is 5.41 Å². The van der Waals surface area contributed by atoms with Crippen molar-refractivity contribution in [3.8, 4) is 23.0 Å². The van der Waals surface area contributed by atoms with Crippen molar-refractivity contribution >= 4 is 11.4 Å². The molecule has 4 aromatic rings. The van der Waals surface area contributed by atoms with Gasteiger partial charge in [0.2, 0.25) is 5.41 Å². The van der Waals surface area contributed by atoms with Crippen LogP contribution >= 0.6 is 0 Å². The second kappa shape index (κ2) is 9.61. The number of hydrogen-bond acceptors (Lipinski definition) is 4. The minimum atomic E-state index is -5.81. The lowest BCUT2D eigenvalue weighted by molar-refractivity contribution is -0.288. The Hall–Kier alpha value is -4.34. The fourth-order valence-corrected chi connectivity index (χ4v) is 3.95. The molecule has 0 unspecified atom stereocenters. The first-order valence-corrected chi connectivity index (χ1v) is 10.8. The van der Waals surface area contributed by atoms with Crippen LogP contribution in [0.2, 0.25) is 0 Å². The smallest absolute Gasteiger partial charge is 0.411 e. The molecule has 0 aliphatic carbocycles. The summed E-state index contributed by atoms with van der Waals surface area (Å²) in [5.74, 6) is -1.05. The van der Waals surface area contributed by atoms with Gasteiger partial charge in [0.1, 0.15) is 11.5 Å². The predicted molar refractivity (Wildman–Crippen MR) is 128 cm³/mol. The number of para-hydroxylation sites is 1. The molecule has 0 atom stereocenters. The highest BCUT2D eigenvalue weighted by molar-refractivity contribution is 5.59. The fourth-order valence-electron chi connectivity index (χ4n) is 3.95. The van der Waals surface area contributed by atoms with Crippen molar-refractivity contribution < 1.29 is 35.8 Å². The number of nitrogen functional groups attached to an aromatic ring is 2. The molecule has 0 radical (unpaired) electrons. The lowest BCUT2D eigenvalue weighted by atomic mass is 9.72. The standard InChI is InChI=1S/C27H20F6N2O2/c28-26(29,30)25(27(31,32)33,17-5-2-1-3-6-17)22-7-4-8-23(36-20-13-9-18(34)10-14-20)24(22)37-21-15-11-19(35)12-16-21/h1-16H,34-35H2. The van der Waals surface area contributed by atoms with E-state index >= 15 is 0 Å². The predicted octanol–water partition coefficient (Wildman–Crippen LogP) is 7.85. The van der Waals surface area contributed by atoms with Crippen molar-refractivity contribution in [1.29, 1.82) is 0 Å². The van der Waals surface area contributed by atoms with E-state index in [0.29, 0.717) is 11.4 Å². The average molecular weight is 518 g/mol. The normalized spacial score (nSPS) is 12.3. The summed E-state index contributed by atoms with van der Waals surface area (Å²) >= 11 is 0. The van der Waals surface area contributed by atoms with Crippen molar-refractivity contribution in [2.45, 2.75) is 17.8 Å². The maximum absolute atomic E-state index is 14.8. The summed E-state index contributed by atoms with van der Waals surface area (Å²) in [7, 11) is 0. The number of ether oxygens (including phenoxy) is 2. The highest BCUT2D eigenvalue weighted by atomic mass is 19.4. The molecule has 0 spiro atoms. The maximum atomic E-state index is 14.8. The second-order valence-corrected chi connectivity index (χ2v) is 8.09. The molecule has 0 saturated heterocycles. The summed E-state index contributed by atoms with van der Waals surface area (Å²) in [6.45, 7) is 0. The number of hydrogen-bond donors (Lipinski definition) is 2. The van der Waals surface area contributed by atoms with Crippen LogP contribution in [0.1, 0.15) is 11.1 Å². The van der Waals surface area contributed by atoms with Crippen LogP contribution in [0.15, 0.2) is 97.1 Å². The van der Waals surface area contributed by atoms with E-state index in [2.05, 4.69) is 0 Å². The Labute approximate surface area is 208 Å². The second-order valence-electron chi connectivity index (χ2n) is 8.09. The Morgan fingerprint density at radius 1 is 0.514 bits per heavy atom. The van der Waals surface area contributed by atoms with E-state index < -0.39 is 34.6 Å². The van der Waals surface area contributed by atoms with Crippen molar-refractivity contribution in [3.05, 3.63) is 108 Å². The number of nitrogens with two attached hydrogens (primary N) is 2. The van der Waals surface area contributed by atoms with E-state index in [4.69, 9.17) is 20.9 Å². The molecule has 192 valence electrons. The van der Waals surface area contributed by atoms with Crippen LogP contribution in [-0.4, -0.2) is 12.4 Å². The zero-order valence-electron chi connectivity index (χ0n) is 19.0. The van der Waals surface area contributed by atoms with E-state index in [1.807, 2.05) is 0 Å². The first kappa shape index (κ1) is 25.7. The summed E-state index contributed by atoms with van der Waals surface area (Å²) in [5, 5.41) is 0. The molecule has 0 bridgehead atoms. The molecule has 0 amide bonds. The SMILES string of the molecule is Nc1ccc(Oc2cccc(C(c3ccccc3)(C(F)(F)F)C(F)(F)F)c2Oc2ccc(N)cc2)cc1. The number of halogens is 6. The van der Waals surface area contributed by atoms with Gasteiger partial charge in [-0.3, -0.25) is 0 Å². The molecule has 37 heavy (non-hydrogen) atoms. The molecular formula is C27H20F6N2O2. The third-order valence-corrected chi connectivity index (χ3v) is 5.65. The Kier molecular flexibility index (Phi) is 6.68. The largest absolute Gasteiger partial charge is 0.453 e. The minimum Gasteiger partial charge on any atom is -0.453 e. The molecule has 0 aromatic heterocycles. The molecule has 0 fully saturated rings. The number of benzene rings is 4. The van der Waals surface area contributed by atoms with Gasteiger partial charge in [-0.05, 0) is 60.2 Å². The molecule has 0 aliphatic heterocycles. The van der Waals surface area contributed by atoms with Crippen molar-refractivity contribution in [2.24, 2.45) is 0 Å². The highest BCUT2D eigenvalue weighted by Crippen LogP contribution is 2.59. The van der Waals surface area contributed by atoms with Gasteiger partial charge in [-0.25, -0.2) is 0 Å². The molecule has 10 heteroatoms. The Balaban J connectivity index is 2.03. The van der Waals surface area contributed by atoms with Gasteiger partial charge in [0.15, 0.2) is 11.5 Å². The summed E-state index contributed by atoms with van der Waals surface area (Å²) < 4.78 is 100. The van der Waals surface area contributed by atoms with E-state index in [1.165, 1.54) is 60.7 Å². The molecule has 4 nitrogen and oxygen atoms in total. The molecule has 4 aromatic carbocycles. The summed E-state index contributed by atoms with van der Waals surface area (Å²) in [5.41, 5.74) is 5.38. The molecule has 0 aliphatic rings. The number of rotatable bonds is 6. The average Bonchev–Trinajstić information content (AvgIpc) is 2.83. The quantitative estimate of drug-likeness (QED) is 0.202. The number of alkyl halides is 6. The van der Waals surface area contributed by atoms with Crippen LogP contribution in [0, 0.1) is 0 Å². The topological polar surface area (TPSA) is 70.5 Å². The minimum absolute atomic E-state index is 0.0462. The Bertz CT molecular complexity index is 1340. The van der Waals surface area contributed by atoms with Crippen LogP contribution in [0.5, 0.6) is 23.0 Å². The van der Waals surface area contributed by atoms with Crippen molar-refractivity contribution in [1.82, 2.24) is 0 Å². The third kappa shape index (κ3) is 4.87. The third-order valence-electron chi connectivity index (χ3n) is 5.65. The first-order chi connectivity index (χ1) is 17.4. The van der Waals surface area contributed by atoms with E-state index in [0.717, 1.165) is 36.4 Å². The van der Waals surface area contributed by atoms with Gasteiger partial charge in [0, 0.05) is 16.9 Å². The van der Waals surface area contributed by atoms with Crippen LogP contribution in [0.25, 0.3) is 0 Å². The lowest BCUT2D eigenvalue weighted by Gasteiger charge is -2.39. The molecule has 4 rings (SSSR count). The van der Waals surface area contributed by atoms with Gasteiger partial charge in [0.25, 0.3) is 0 Å². The molecule has 0 saturated carbocycles. The lowest BCUT2D eigenvalue weighted by Crippen LogP contribution is -2.54. The zero-order valence-corrected chi connectivity index (χ0v) is 19.0.